The maximum Gasteiger partial charge on any atom is 0.416 e. The summed E-state index contributed by atoms with van der Waals surface area (Å²) in [5.41, 5.74) is -0.549. The largest absolute Gasteiger partial charge is 0.508 e. The number of phenols is 1. The number of rotatable bonds is 9. The van der Waals surface area contributed by atoms with Crippen LogP contribution in [-0.2, 0) is 33.5 Å². The second kappa shape index (κ2) is 15.2. The summed E-state index contributed by atoms with van der Waals surface area (Å²) in [6.07, 6.45) is -2.09. The molecule has 4 aromatic rings. The zero-order valence-electron chi connectivity index (χ0n) is 28.2. The topological polar surface area (TPSA) is 163 Å². The number of amides is 3. The van der Waals surface area contributed by atoms with Crippen LogP contribution in [-0.4, -0.2) is 92.8 Å². The van der Waals surface area contributed by atoms with Gasteiger partial charge in [-0.3, -0.25) is 19.2 Å². The molecule has 0 spiro atoms. The first-order chi connectivity index (χ1) is 25.2. The van der Waals surface area contributed by atoms with Gasteiger partial charge in [0.25, 0.3) is 11.5 Å². The van der Waals surface area contributed by atoms with E-state index in [9.17, 15) is 41.8 Å². The lowest BCUT2D eigenvalue weighted by Gasteiger charge is -2.36. The first-order valence-electron chi connectivity index (χ1n) is 16.5. The maximum atomic E-state index is 14.1. The van der Waals surface area contributed by atoms with E-state index in [1.54, 1.807) is 17.9 Å². The molecular weight excluding hydrogens is 728 g/mol. The Balaban J connectivity index is 1.25. The van der Waals surface area contributed by atoms with Crippen molar-refractivity contribution in [3.63, 3.8) is 0 Å². The lowest BCUT2D eigenvalue weighted by Crippen LogP contribution is -2.52. The van der Waals surface area contributed by atoms with Crippen molar-refractivity contribution in [1.29, 1.82) is 0 Å². The van der Waals surface area contributed by atoms with Crippen LogP contribution in [0.5, 0.6) is 5.75 Å². The lowest BCUT2D eigenvalue weighted by atomic mass is 10.1. The van der Waals surface area contributed by atoms with Gasteiger partial charge in [-0.25, -0.2) is 4.39 Å². The molecule has 2 aliphatic rings. The number of nitrogens with one attached hydrogen (secondary N) is 2. The number of benzene rings is 2. The summed E-state index contributed by atoms with van der Waals surface area (Å²) in [6, 6.07) is 5.55. The Morgan fingerprint density at radius 1 is 1.08 bits per heavy atom. The molecule has 280 valence electrons. The number of phenolic OH excluding ortho intramolecular Hbond substituents is 1. The van der Waals surface area contributed by atoms with Crippen LogP contribution in [0.25, 0.3) is 11.4 Å². The standard InChI is InChI=1S/C34H33ClF4N8O6/c1-2-26-29(45-11-9-44(10-12-45)28(50)17-40-31(51)22-16-21(48)4-5-24(22)36)32(52)47-33(42-30(43-47)19-7-13-53-14-8-19)46(26)18-27(49)41-25-6-3-20(15-23(25)35)34(37,38)39/h3-7,15-16,48H,2,8-14,17-18H2,1H3,(H,40,51)(H,41,49). The van der Waals surface area contributed by atoms with Crippen LogP contribution in [0.15, 0.2) is 47.3 Å². The van der Waals surface area contributed by atoms with Crippen molar-refractivity contribution in [2.75, 3.05) is 56.2 Å². The number of hydrogen-bond donors (Lipinski definition) is 3. The Morgan fingerprint density at radius 2 is 1.83 bits per heavy atom. The Labute approximate surface area is 303 Å². The van der Waals surface area contributed by atoms with Gasteiger partial charge >= 0.3 is 6.18 Å². The quantitative estimate of drug-likeness (QED) is 0.217. The lowest BCUT2D eigenvalue weighted by molar-refractivity contribution is -0.137. The number of alkyl halides is 3. The predicted molar refractivity (Wildman–Crippen MR) is 184 cm³/mol. The fraction of sp³-hybridized carbons (Fsp3) is 0.353. The Bertz CT molecular complexity index is 2180. The molecule has 0 aliphatic carbocycles. The summed E-state index contributed by atoms with van der Waals surface area (Å²) >= 11 is 6.10. The van der Waals surface area contributed by atoms with Gasteiger partial charge in [0.2, 0.25) is 17.6 Å². The minimum absolute atomic E-state index is 0.0430. The highest BCUT2D eigenvalue weighted by Gasteiger charge is 2.32. The van der Waals surface area contributed by atoms with Crippen molar-refractivity contribution in [3.05, 3.63) is 86.3 Å². The number of fused-ring (bicyclic) bond motifs is 1. The molecule has 1 fully saturated rings. The van der Waals surface area contributed by atoms with E-state index in [4.69, 9.17) is 16.3 Å². The second-order valence-corrected chi connectivity index (χ2v) is 12.6. The molecule has 1 saturated heterocycles. The minimum Gasteiger partial charge on any atom is -0.508 e. The van der Waals surface area contributed by atoms with Crippen LogP contribution in [0, 0.1) is 5.82 Å². The van der Waals surface area contributed by atoms with E-state index in [1.165, 1.54) is 9.47 Å². The average Bonchev–Trinajstić information content (AvgIpc) is 3.59. The van der Waals surface area contributed by atoms with Gasteiger partial charge in [0, 0.05) is 26.2 Å². The molecule has 0 bridgehead atoms. The number of carbonyl (C=O) groups excluding carboxylic acids is 3. The van der Waals surface area contributed by atoms with Crippen molar-refractivity contribution in [3.8, 4) is 5.75 Å². The average molecular weight is 761 g/mol. The van der Waals surface area contributed by atoms with E-state index in [0.717, 1.165) is 40.4 Å². The molecule has 0 atom stereocenters. The molecule has 14 nitrogen and oxygen atoms in total. The van der Waals surface area contributed by atoms with Gasteiger partial charge in [0.1, 0.15) is 23.8 Å². The van der Waals surface area contributed by atoms with E-state index in [0.29, 0.717) is 31.4 Å². The summed E-state index contributed by atoms with van der Waals surface area (Å²) in [7, 11) is 0. The third-order valence-corrected chi connectivity index (χ3v) is 9.14. The summed E-state index contributed by atoms with van der Waals surface area (Å²) in [6.45, 7) is 2.37. The number of aromatic hydroxyl groups is 1. The van der Waals surface area contributed by atoms with Gasteiger partial charge in [-0.1, -0.05) is 24.6 Å². The van der Waals surface area contributed by atoms with Crippen molar-refractivity contribution < 1.29 is 41.8 Å². The highest BCUT2D eigenvalue weighted by molar-refractivity contribution is 6.33. The highest BCUT2D eigenvalue weighted by atomic mass is 35.5. The molecule has 2 aromatic heterocycles. The molecule has 0 saturated carbocycles. The molecule has 0 unspecified atom stereocenters. The Morgan fingerprint density at radius 3 is 2.49 bits per heavy atom. The van der Waals surface area contributed by atoms with Gasteiger partial charge in [-0.2, -0.15) is 22.7 Å². The minimum atomic E-state index is -4.63. The predicted octanol–water partition coefficient (Wildman–Crippen LogP) is 3.49. The summed E-state index contributed by atoms with van der Waals surface area (Å²) in [4.78, 5) is 60.9. The first-order valence-corrected chi connectivity index (χ1v) is 16.9. The zero-order chi connectivity index (χ0) is 38.0. The van der Waals surface area contributed by atoms with E-state index < -0.39 is 59.5 Å². The van der Waals surface area contributed by atoms with Gasteiger partial charge in [-0.05, 0) is 54.8 Å². The molecule has 3 N–H and O–H groups in total. The molecule has 0 radical (unpaired) electrons. The molecular formula is C34H33ClF4N8O6. The number of nitrogens with zero attached hydrogens (tertiary/aromatic N) is 6. The fourth-order valence-electron chi connectivity index (χ4n) is 6.15. The molecule has 3 amide bonds. The number of anilines is 2. The molecule has 6 rings (SSSR count). The maximum absolute atomic E-state index is 14.1. The molecule has 53 heavy (non-hydrogen) atoms. The second-order valence-electron chi connectivity index (χ2n) is 12.2. The zero-order valence-corrected chi connectivity index (χ0v) is 28.9. The Hall–Kier alpha value is -5.49. The van der Waals surface area contributed by atoms with Crippen molar-refractivity contribution in [1.82, 2.24) is 29.4 Å². The third-order valence-electron chi connectivity index (χ3n) is 8.83. The molecule has 4 heterocycles. The van der Waals surface area contributed by atoms with E-state index in [2.05, 4.69) is 20.7 Å². The molecule has 19 heteroatoms. The number of carbonyl (C=O) groups is 3. The number of aromatic nitrogens is 4. The van der Waals surface area contributed by atoms with E-state index in [1.807, 2.05) is 0 Å². The number of ether oxygens (including phenoxy) is 1. The van der Waals surface area contributed by atoms with Crippen LogP contribution in [0.1, 0.15) is 40.8 Å². The van der Waals surface area contributed by atoms with Crippen LogP contribution < -0.4 is 21.1 Å². The van der Waals surface area contributed by atoms with Gasteiger partial charge in [-0.15, -0.1) is 5.10 Å². The van der Waals surface area contributed by atoms with Gasteiger partial charge in [0.15, 0.2) is 5.82 Å². The molecule has 2 aliphatic heterocycles. The van der Waals surface area contributed by atoms with Crippen LogP contribution in [0.3, 0.4) is 0 Å². The van der Waals surface area contributed by atoms with Gasteiger partial charge in [0.05, 0.1) is 47.3 Å². The smallest absolute Gasteiger partial charge is 0.416 e. The number of hydrogen-bond acceptors (Lipinski definition) is 9. The van der Waals surface area contributed by atoms with Crippen LogP contribution >= 0.6 is 11.6 Å². The Kier molecular flexibility index (Phi) is 10.7. The third kappa shape index (κ3) is 7.97. The number of halogens is 5. The summed E-state index contributed by atoms with van der Waals surface area (Å²) in [5, 5.41) is 18.7. The van der Waals surface area contributed by atoms with Crippen molar-refractivity contribution in [2.45, 2.75) is 32.5 Å². The van der Waals surface area contributed by atoms with E-state index >= 15 is 0 Å². The van der Waals surface area contributed by atoms with Crippen molar-refractivity contribution in [2.24, 2.45) is 0 Å². The van der Waals surface area contributed by atoms with Crippen molar-refractivity contribution >= 4 is 52.0 Å². The normalized spacial score (nSPS) is 15.0. The first kappa shape index (κ1) is 37.3. The SMILES string of the molecule is CCc1c(N2CCN(C(=O)CNC(=O)c3cc(O)ccc3F)CC2)c(=O)n2nc(C3=CCOCC3)nc2n1CC(=O)Nc1ccc(C(F)(F)F)cc1Cl. The van der Waals surface area contributed by atoms with Crippen LogP contribution in [0.2, 0.25) is 5.02 Å². The monoisotopic (exact) mass is 760 g/mol. The highest BCUT2D eigenvalue weighted by Crippen LogP contribution is 2.34. The number of piperazine rings is 1. The fourth-order valence-corrected chi connectivity index (χ4v) is 6.38. The van der Waals surface area contributed by atoms with Crippen LogP contribution in [0.4, 0.5) is 28.9 Å². The summed E-state index contributed by atoms with van der Waals surface area (Å²) in [5.74, 6) is -2.82. The molecule has 2 aromatic carbocycles. The summed E-state index contributed by atoms with van der Waals surface area (Å²) < 4.78 is 61.7. The van der Waals surface area contributed by atoms with E-state index in [-0.39, 0.29) is 66.3 Å². The van der Waals surface area contributed by atoms with Gasteiger partial charge < -0.3 is 34.8 Å².